The normalized spacial score (nSPS) is 10.1. The molecule has 1 heterocycles. The summed E-state index contributed by atoms with van der Waals surface area (Å²) in [5.41, 5.74) is 1.01. The standard InChI is InChI=1S/C16H16N2O3/c1-2-11-18(15(19)12-7-9-17-10-8-12)14-6-4-3-5-13(14)16(20)21/h3-10H,2,11H2,1H3,(H,20,21). The Kier molecular flexibility index (Phi) is 4.66. The predicted molar refractivity (Wildman–Crippen MR) is 79.6 cm³/mol. The fourth-order valence-electron chi connectivity index (χ4n) is 2.10. The number of hydrogen-bond donors (Lipinski definition) is 1. The Morgan fingerprint density at radius 3 is 2.43 bits per heavy atom. The fraction of sp³-hybridized carbons (Fsp3) is 0.188. The van der Waals surface area contributed by atoms with Crippen LogP contribution in [0.4, 0.5) is 5.69 Å². The number of benzene rings is 1. The summed E-state index contributed by atoms with van der Waals surface area (Å²) in [6.07, 6.45) is 3.81. The maximum Gasteiger partial charge on any atom is 0.337 e. The van der Waals surface area contributed by atoms with Gasteiger partial charge < -0.3 is 10.0 Å². The van der Waals surface area contributed by atoms with Gasteiger partial charge in [-0.2, -0.15) is 0 Å². The molecule has 21 heavy (non-hydrogen) atoms. The molecular weight excluding hydrogens is 268 g/mol. The van der Waals surface area contributed by atoms with Gasteiger partial charge in [-0.1, -0.05) is 19.1 Å². The van der Waals surface area contributed by atoms with Crippen LogP contribution in [-0.2, 0) is 0 Å². The van der Waals surface area contributed by atoms with Gasteiger partial charge in [0, 0.05) is 24.5 Å². The molecule has 5 heteroatoms. The zero-order valence-corrected chi connectivity index (χ0v) is 11.7. The molecule has 0 fully saturated rings. The van der Waals surface area contributed by atoms with E-state index in [2.05, 4.69) is 4.98 Å². The lowest BCUT2D eigenvalue weighted by atomic mass is 10.1. The minimum absolute atomic E-state index is 0.119. The largest absolute Gasteiger partial charge is 0.478 e. The molecule has 5 nitrogen and oxygen atoms in total. The van der Waals surface area contributed by atoms with Gasteiger partial charge in [-0.15, -0.1) is 0 Å². The zero-order chi connectivity index (χ0) is 15.2. The number of nitrogens with zero attached hydrogens (tertiary/aromatic N) is 2. The molecule has 1 amide bonds. The molecule has 0 unspecified atom stereocenters. The number of aromatic nitrogens is 1. The van der Waals surface area contributed by atoms with Crippen LogP contribution in [-0.4, -0.2) is 28.5 Å². The molecule has 2 aromatic rings. The van der Waals surface area contributed by atoms with Crippen molar-refractivity contribution in [2.24, 2.45) is 0 Å². The first-order chi connectivity index (χ1) is 10.1. The topological polar surface area (TPSA) is 70.5 Å². The average molecular weight is 284 g/mol. The Labute approximate surface area is 122 Å². The van der Waals surface area contributed by atoms with Crippen molar-refractivity contribution in [3.8, 4) is 0 Å². The molecule has 0 aliphatic rings. The number of carboxylic acid groups (broad SMARTS) is 1. The van der Waals surface area contributed by atoms with Gasteiger partial charge in [0.15, 0.2) is 0 Å². The number of pyridine rings is 1. The van der Waals surface area contributed by atoms with E-state index in [0.29, 0.717) is 17.8 Å². The summed E-state index contributed by atoms with van der Waals surface area (Å²) >= 11 is 0. The number of hydrogen-bond acceptors (Lipinski definition) is 3. The zero-order valence-electron chi connectivity index (χ0n) is 11.7. The number of anilines is 1. The Bertz CT molecular complexity index is 641. The maximum atomic E-state index is 12.6. The number of carbonyl (C=O) groups is 2. The third-order valence-electron chi connectivity index (χ3n) is 3.04. The first-order valence-electron chi connectivity index (χ1n) is 6.69. The number of carbonyl (C=O) groups excluding carboxylic acids is 1. The van der Waals surface area contributed by atoms with E-state index in [1.165, 1.54) is 11.0 Å². The highest BCUT2D eigenvalue weighted by molar-refractivity contribution is 6.09. The van der Waals surface area contributed by atoms with Crippen LogP contribution < -0.4 is 4.90 Å². The molecule has 1 aromatic carbocycles. The van der Waals surface area contributed by atoms with E-state index in [1.807, 2.05) is 6.92 Å². The van der Waals surface area contributed by atoms with E-state index in [0.717, 1.165) is 6.42 Å². The Hall–Kier alpha value is -2.69. The van der Waals surface area contributed by atoms with Crippen molar-refractivity contribution in [1.29, 1.82) is 0 Å². The number of carboxylic acids is 1. The minimum Gasteiger partial charge on any atom is -0.478 e. The fourth-order valence-corrected chi connectivity index (χ4v) is 2.10. The third kappa shape index (κ3) is 3.25. The lowest BCUT2D eigenvalue weighted by Crippen LogP contribution is -2.33. The quantitative estimate of drug-likeness (QED) is 0.916. The molecular formula is C16H16N2O3. The summed E-state index contributed by atoms with van der Waals surface area (Å²) in [5.74, 6) is -1.28. The second-order valence-corrected chi connectivity index (χ2v) is 4.51. The Morgan fingerprint density at radius 1 is 1.14 bits per heavy atom. The summed E-state index contributed by atoms with van der Waals surface area (Å²) in [5, 5.41) is 9.29. The molecule has 0 atom stereocenters. The molecule has 0 radical (unpaired) electrons. The van der Waals surface area contributed by atoms with Gasteiger partial charge in [0.05, 0.1) is 11.3 Å². The van der Waals surface area contributed by atoms with Crippen LogP contribution in [0.3, 0.4) is 0 Å². The second-order valence-electron chi connectivity index (χ2n) is 4.51. The van der Waals surface area contributed by atoms with Gasteiger partial charge in [-0.05, 0) is 30.7 Å². The van der Waals surface area contributed by atoms with Gasteiger partial charge in [-0.3, -0.25) is 9.78 Å². The molecule has 0 bridgehead atoms. The number of rotatable bonds is 5. The Balaban J connectivity index is 2.45. The van der Waals surface area contributed by atoms with Crippen molar-refractivity contribution < 1.29 is 14.7 Å². The van der Waals surface area contributed by atoms with E-state index >= 15 is 0 Å². The van der Waals surface area contributed by atoms with Crippen molar-refractivity contribution in [2.45, 2.75) is 13.3 Å². The van der Waals surface area contributed by atoms with E-state index < -0.39 is 5.97 Å². The van der Waals surface area contributed by atoms with Crippen molar-refractivity contribution in [3.05, 3.63) is 59.9 Å². The highest BCUT2D eigenvalue weighted by Crippen LogP contribution is 2.22. The number of aromatic carboxylic acids is 1. The molecule has 1 aromatic heterocycles. The van der Waals surface area contributed by atoms with Crippen molar-refractivity contribution in [1.82, 2.24) is 4.98 Å². The highest BCUT2D eigenvalue weighted by atomic mass is 16.4. The number of para-hydroxylation sites is 1. The van der Waals surface area contributed by atoms with Gasteiger partial charge in [-0.25, -0.2) is 4.79 Å². The summed E-state index contributed by atoms with van der Waals surface area (Å²) in [7, 11) is 0. The van der Waals surface area contributed by atoms with Crippen LogP contribution in [0.1, 0.15) is 34.1 Å². The third-order valence-corrected chi connectivity index (χ3v) is 3.04. The second kappa shape index (κ2) is 6.65. The summed E-state index contributed by atoms with van der Waals surface area (Å²) in [4.78, 5) is 29.3. The lowest BCUT2D eigenvalue weighted by Gasteiger charge is -2.23. The van der Waals surface area contributed by atoms with Crippen LogP contribution in [0.25, 0.3) is 0 Å². The first kappa shape index (κ1) is 14.7. The SMILES string of the molecule is CCCN(C(=O)c1ccncc1)c1ccccc1C(=O)O. The summed E-state index contributed by atoms with van der Waals surface area (Å²) < 4.78 is 0. The highest BCUT2D eigenvalue weighted by Gasteiger charge is 2.21. The number of amides is 1. The monoisotopic (exact) mass is 284 g/mol. The molecule has 0 spiro atoms. The van der Waals surface area contributed by atoms with E-state index in [-0.39, 0.29) is 11.5 Å². The van der Waals surface area contributed by atoms with Gasteiger partial charge >= 0.3 is 5.97 Å². The average Bonchev–Trinajstić information content (AvgIpc) is 2.53. The van der Waals surface area contributed by atoms with Crippen molar-refractivity contribution in [3.63, 3.8) is 0 Å². The Morgan fingerprint density at radius 2 is 1.81 bits per heavy atom. The van der Waals surface area contributed by atoms with E-state index in [9.17, 15) is 14.7 Å². The lowest BCUT2D eigenvalue weighted by molar-refractivity contribution is 0.0697. The van der Waals surface area contributed by atoms with Gasteiger partial charge in [0.2, 0.25) is 0 Å². The van der Waals surface area contributed by atoms with Crippen LogP contribution in [0.5, 0.6) is 0 Å². The maximum absolute atomic E-state index is 12.6. The summed E-state index contributed by atoms with van der Waals surface area (Å²) in [6.45, 7) is 2.39. The van der Waals surface area contributed by atoms with E-state index in [1.54, 1.807) is 42.7 Å². The van der Waals surface area contributed by atoms with Crippen LogP contribution in [0.15, 0.2) is 48.8 Å². The van der Waals surface area contributed by atoms with Crippen LogP contribution >= 0.6 is 0 Å². The molecule has 0 aliphatic heterocycles. The predicted octanol–water partition coefficient (Wildman–Crippen LogP) is 2.84. The van der Waals surface area contributed by atoms with Crippen LogP contribution in [0, 0.1) is 0 Å². The molecule has 108 valence electrons. The van der Waals surface area contributed by atoms with Crippen LogP contribution in [0.2, 0.25) is 0 Å². The van der Waals surface area contributed by atoms with Crippen molar-refractivity contribution in [2.75, 3.05) is 11.4 Å². The first-order valence-corrected chi connectivity index (χ1v) is 6.69. The van der Waals surface area contributed by atoms with Gasteiger partial charge in [0.25, 0.3) is 5.91 Å². The molecule has 0 aliphatic carbocycles. The molecule has 0 saturated carbocycles. The van der Waals surface area contributed by atoms with Crippen molar-refractivity contribution >= 4 is 17.6 Å². The molecule has 0 saturated heterocycles. The van der Waals surface area contributed by atoms with Gasteiger partial charge in [0.1, 0.15) is 0 Å². The smallest absolute Gasteiger partial charge is 0.337 e. The molecule has 2 rings (SSSR count). The minimum atomic E-state index is -1.05. The van der Waals surface area contributed by atoms with E-state index in [4.69, 9.17) is 0 Å². The molecule has 1 N–H and O–H groups in total. The summed E-state index contributed by atoms with van der Waals surface area (Å²) in [6, 6.07) is 9.76.